The van der Waals surface area contributed by atoms with Crippen molar-refractivity contribution in [2.45, 2.75) is 44.9 Å². The number of hydrogen-bond donors (Lipinski definition) is 0. The van der Waals surface area contributed by atoms with Gasteiger partial charge in [0.05, 0.1) is 12.5 Å². The van der Waals surface area contributed by atoms with Gasteiger partial charge in [0.25, 0.3) is 0 Å². The summed E-state index contributed by atoms with van der Waals surface area (Å²) in [6.07, 6.45) is 4.63. The van der Waals surface area contributed by atoms with Gasteiger partial charge in [-0.05, 0) is 24.8 Å². The van der Waals surface area contributed by atoms with E-state index in [2.05, 4.69) is 33.9 Å². The minimum atomic E-state index is 0.230. The zero-order chi connectivity index (χ0) is 16.9. The molecule has 2 aromatic heterocycles. The summed E-state index contributed by atoms with van der Waals surface area (Å²) < 4.78 is 10.5. The third-order valence-corrected chi connectivity index (χ3v) is 4.32. The van der Waals surface area contributed by atoms with Crippen LogP contribution in [0.25, 0.3) is 0 Å². The van der Waals surface area contributed by atoms with E-state index in [4.69, 9.17) is 14.2 Å². The molecule has 0 aromatic carbocycles. The van der Waals surface area contributed by atoms with Gasteiger partial charge in [0.2, 0.25) is 11.8 Å². The average Bonchev–Trinajstić information content (AvgIpc) is 3.09. The lowest BCUT2D eigenvalue weighted by Gasteiger charge is -2.31. The number of nitrogens with zero attached hydrogens (tertiary/aromatic N) is 5. The van der Waals surface area contributed by atoms with Gasteiger partial charge in [0.15, 0.2) is 5.82 Å². The molecule has 0 bridgehead atoms. The van der Waals surface area contributed by atoms with Crippen molar-refractivity contribution in [1.82, 2.24) is 20.1 Å². The minimum absolute atomic E-state index is 0.230. The van der Waals surface area contributed by atoms with Crippen LogP contribution in [0.3, 0.4) is 0 Å². The molecule has 0 amide bonds. The second-order valence-corrected chi connectivity index (χ2v) is 6.51. The summed E-state index contributed by atoms with van der Waals surface area (Å²) in [6.45, 7) is 6.66. The third kappa shape index (κ3) is 3.90. The van der Waals surface area contributed by atoms with E-state index in [1.54, 1.807) is 7.11 Å². The van der Waals surface area contributed by atoms with E-state index in [1.165, 1.54) is 0 Å². The van der Waals surface area contributed by atoms with Crippen molar-refractivity contribution in [1.29, 1.82) is 0 Å². The van der Waals surface area contributed by atoms with E-state index in [9.17, 15) is 0 Å². The van der Waals surface area contributed by atoms with Crippen LogP contribution in [-0.4, -0.2) is 46.9 Å². The van der Waals surface area contributed by atoms with Gasteiger partial charge in [-0.15, -0.1) is 0 Å². The Labute approximate surface area is 142 Å². The van der Waals surface area contributed by atoms with Crippen LogP contribution in [0.15, 0.2) is 16.8 Å². The molecule has 1 saturated heterocycles. The van der Waals surface area contributed by atoms with Gasteiger partial charge >= 0.3 is 0 Å². The van der Waals surface area contributed by atoms with Gasteiger partial charge in [-0.1, -0.05) is 19.0 Å². The summed E-state index contributed by atoms with van der Waals surface area (Å²) in [5.41, 5.74) is 1.07. The van der Waals surface area contributed by atoms with Crippen molar-refractivity contribution >= 4 is 5.95 Å². The molecule has 130 valence electrons. The molecule has 3 heterocycles. The summed E-state index contributed by atoms with van der Waals surface area (Å²) in [4.78, 5) is 15.9. The molecule has 7 heteroatoms. The molecule has 0 unspecified atom stereocenters. The predicted molar refractivity (Wildman–Crippen MR) is 90.2 cm³/mol. The number of aromatic nitrogens is 4. The van der Waals surface area contributed by atoms with Crippen molar-refractivity contribution in [2.75, 3.05) is 31.7 Å². The standard InChI is InChI=1S/C17H25N5O2/c1-12(2)14-6-8-18-17(19-14)22-9-4-5-13(11-22)16-20-15(21-24-16)7-10-23-3/h6,8,12-13H,4-5,7,9-11H2,1-3H3/t13-/m1/s1. The number of rotatable bonds is 6. The first-order valence-electron chi connectivity index (χ1n) is 8.56. The lowest BCUT2D eigenvalue weighted by atomic mass is 9.98. The molecule has 1 aliphatic rings. The molecular weight excluding hydrogens is 306 g/mol. The first-order chi connectivity index (χ1) is 11.7. The first-order valence-corrected chi connectivity index (χ1v) is 8.56. The zero-order valence-electron chi connectivity index (χ0n) is 14.6. The van der Waals surface area contributed by atoms with Gasteiger partial charge in [0.1, 0.15) is 0 Å². The maximum Gasteiger partial charge on any atom is 0.231 e. The Hall–Kier alpha value is -2.02. The Morgan fingerprint density at radius 1 is 1.38 bits per heavy atom. The lowest BCUT2D eigenvalue weighted by Crippen LogP contribution is -2.35. The number of ether oxygens (including phenoxy) is 1. The van der Waals surface area contributed by atoms with Crippen molar-refractivity contribution in [3.05, 3.63) is 29.7 Å². The zero-order valence-corrected chi connectivity index (χ0v) is 14.6. The highest BCUT2D eigenvalue weighted by molar-refractivity contribution is 5.32. The Kier molecular flexibility index (Phi) is 5.40. The predicted octanol–water partition coefficient (Wildman–Crippen LogP) is 2.56. The number of anilines is 1. The highest BCUT2D eigenvalue weighted by atomic mass is 16.5. The molecule has 1 fully saturated rings. The van der Waals surface area contributed by atoms with Gasteiger partial charge in [-0.3, -0.25) is 0 Å². The van der Waals surface area contributed by atoms with Crippen molar-refractivity contribution in [3.8, 4) is 0 Å². The molecule has 2 aromatic rings. The maximum atomic E-state index is 5.46. The van der Waals surface area contributed by atoms with E-state index in [0.717, 1.165) is 37.6 Å². The molecular formula is C17H25N5O2. The highest BCUT2D eigenvalue weighted by Gasteiger charge is 2.27. The van der Waals surface area contributed by atoms with E-state index in [1.807, 2.05) is 12.3 Å². The Morgan fingerprint density at radius 3 is 3.04 bits per heavy atom. The summed E-state index contributed by atoms with van der Waals surface area (Å²) in [6, 6.07) is 1.98. The van der Waals surface area contributed by atoms with Crippen LogP contribution in [0, 0.1) is 0 Å². The summed E-state index contributed by atoms with van der Waals surface area (Å²) in [5, 5.41) is 4.05. The summed E-state index contributed by atoms with van der Waals surface area (Å²) >= 11 is 0. The fraction of sp³-hybridized carbons (Fsp3) is 0.647. The first kappa shape index (κ1) is 16.8. The van der Waals surface area contributed by atoms with Crippen LogP contribution in [-0.2, 0) is 11.2 Å². The largest absolute Gasteiger partial charge is 0.384 e. The smallest absolute Gasteiger partial charge is 0.231 e. The molecule has 0 N–H and O–H groups in total. The Morgan fingerprint density at radius 2 is 2.25 bits per heavy atom. The molecule has 1 aliphatic heterocycles. The monoisotopic (exact) mass is 331 g/mol. The molecule has 0 radical (unpaired) electrons. The van der Waals surface area contributed by atoms with Crippen molar-refractivity contribution in [2.24, 2.45) is 0 Å². The Bertz CT molecular complexity index is 658. The van der Waals surface area contributed by atoms with E-state index in [-0.39, 0.29) is 5.92 Å². The van der Waals surface area contributed by atoms with Crippen LogP contribution >= 0.6 is 0 Å². The minimum Gasteiger partial charge on any atom is -0.384 e. The van der Waals surface area contributed by atoms with Crippen LogP contribution in [0.5, 0.6) is 0 Å². The molecule has 1 atom stereocenters. The summed E-state index contributed by atoms with van der Waals surface area (Å²) in [7, 11) is 1.67. The van der Waals surface area contributed by atoms with Crippen molar-refractivity contribution in [3.63, 3.8) is 0 Å². The van der Waals surface area contributed by atoms with Crippen LogP contribution in [0.2, 0.25) is 0 Å². The molecule has 0 spiro atoms. The van der Waals surface area contributed by atoms with Crippen molar-refractivity contribution < 1.29 is 9.26 Å². The molecule has 24 heavy (non-hydrogen) atoms. The summed E-state index contributed by atoms with van der Waals surface area (Å²) in [5.74, 6) is 2.85. The topological polar surface area (TPSA) is 77.2 Å². The average molecular weight is 331 g/mol. The molecule has 7 nitrogen and oxygen atoms in total. The van der Waals surface area contributed by atoms with Crippen LogP contribution in [0.4, 0.5) is 5.95 Å². The van der Waals surface area contributed by atoms with Crippen LogP contribution in [0.1, 0.15) is 55.9 Å². The fourth-order valence-corrected chi connectivity index (χ4v) is 2.92. The number of piperidine rings is 1. The van der Waals surface area contributed by atoms with Crippen LogP contribution < -0.4 is 4.90 Å². The van der Waals surface area contributed by atoms with Gasteiger partial charge in [0, 0.05) is 38.5 Å². The lowest BCUT2D eigenvalue weighted by molar-refractivity contribution is 0.199. The fourth-order valence-electron chi connectivity index (χ4n) is 2.92. The van der Waals surface area contributed by atoms with E-state index in [0.29, 0.717) is 30.7 Å². The van der Waals surface area contributed by atoms with Gasteiger partial charge in [-0.2, -0.15) is 4.98 Å². The van der Waals surface area contributed by atoms with Gasteiger partial charge < -0.3 is 14.2 Å². The van der Waals surface area contributed by atoms with E-state index >= 15 is 0 Å². The Balaban J connectivity index is 1.70. The second-order valence-electron chi connectivity index (χ2n) is 6.51. The molecule has 0 aliphatic carbocycles. The molecule has 3 rings (SSSR count). The quantitative estimate of drug-likeness (QED) is 0.805. The normalized spacial score (nSPS) is 18.3. The van der Waals surface area contributed by atoms with Gasteiger partial charge in [-0.25, -0.2) is 9.97 Å². The number of hydrogen-bond acceptors (Lipinski definition) is 7. The third-order valence-electron chi connectivity index (χ3n) is 4.32. The second kappa shape index (κ2) is 7.70. The number of methoxy groups -OCH3 is 1. The molecule has 0 saturated carbocycles. The maximum absolute atomic E-state index is 5.46. The van der Waals surface area contributed by atoms with E-state index < -0.39 is 0 Å². The highest BCUT2D eigenvalue weighted by Crippen LogP contribution is 2.28. The SMILES string of the molecule is COCCc1noc([C@@H]2CCCN(c3nccc(C(C)C)n3)C2)n1.